The highest BCUT2D eigenvalue weighted by Gasteiger charge is 2.63. The van der Waals surface area contributed by atoms with Crippen LogP contribution in [0.25, 0.3) is 0 Å². The van der Waals surface area contributed by atoms with Gasteiger partial charge in [0, 0.05) is 6.42 Å². The van der Waals surface area contributed by atoms with Gasteiger partial charge in [-0.2, -0.15) is 0 Å². The van der Waals surface area contributed by atoms with E-state index in [1.165, 1.54) is 0 Å². The molecular weight excluding hydrogens is 412 g/mol. The number of nitrogens with zero attached hydrogens (tertiary/aromatic N) is 1. The van der Waals surface area contributed by atoms with Gasteiger partial charge in [0.25, 0.3) is 5.91 Å². The Balaban J connectivity index is 2.57. The zero-order valence-electron chi connectivity index (χ0n) is 20.1. The Hall–Kier alpha value is -2.90. The first-order valence-electron chi connectivity index (χ1n) is 10.7. The number of rotatable bonds is 4. The Morgan fingerprint density at radius 1 is 1.00 bits per heavy atom. The molecule has 1 aliphatic heterocycles. The van der Waals surface area contributed by atoms with Crippen LogP contribution in [0.3, 0.4) is 0 Å². The molecule has 8 heteroatoms. The summed E-state index contributed by atoms with van der Waals surface area (Å²) in [5.41, 5.74) is -3.05. The predicted molar refractivity (Wildman–Crippen MR) is 119 cm³/mol. The number of amides is 3. The van der Waals surface area contributed by atoms with Crippen molar-refractivity contribution in [3.8, 4) is 0 Å². The van der Waals surface area contributed by atoms with E-state index in [0.29, 0.717) is 5.56 Å². The number of hydrogen-bond donors (Lipinski definition) is 1. The Bertz CT molecular complexity index is 882. The van der Waals surface area contributed by atoms with E-state index in [1.54, 1.807) is 85.7 Å². The molecular formula is C24H34N2O6. The van der Waals surface area contributed by atoms with Crippen molar-refractivity contribution in [2.45, 2.75) is 84.6 Å². The Labute approximate surface area is 189 Å². The molecule has 1 heterocycles. The van der Waals surface area contributed by atoms with E-state index in [4.69, 9.17) is 9.47 Å². The number of imide groups is 1. The van der Waals surface area contributed by atoms with Crippen LogP contribution < -0.4 is 5.32 Å². The lowest BCUT2D eigenvalue weighted by Crippen LogP contribution is -2.60. The summed E-state index contributed by atoms with van der Waals surface area (Å²) in [4.78, 5) is 54.0. The summed E-state index contributed by atoms with van der Waals surface area (Å²) in [6, 6.07) is 7.76. The van der Waals surface area contributed by atoms with Crippen LogP contribution in [0.15, 0.2) is 30.3 Å². The first kappa shape index (κ1) is 25.4. The lowest BCUT2D eigenvalue weighted by molar-refractivity contribution is -0.135. The summed E-state index contributed by atoms with van der Waals surface area (Å²) in [5.74, 6) is -1.79. The third-order valence-corrected chi connectivity index (χ3v) is 4.80. The summed E-state index contributed by atoms with van der Waals surface area (Å²) in [7, 11) is 0. The maximum atomic E-state index is 13.7. The largest absolute Gasteiger partial charge is 0.444 e. The van der Waals surface area contributed by atoms with Crippen LogP contribution in [-0.2, 0) is 25.5 Å². The zero-order valence-corrected chi connectivity index (χ0v) is 20.1. The van der Waals surface area contributed by atoms with E-state index in [-0.39, 0.29) is 6.42 Å². The average Bonchev–Trinajstić information content (AvgIpc) is 2.81. The van der Waals surface area contributed by atoms with Gasteiger partial charge in [-0.3, -0.25) is 14.9 Å². The molecule has 1 N–H and O–H groups in total. The monoisotopic (exact) mass is 446 g/mol. The van der Waals surface area contributed by atoms with Crippen LogP contribution in [0, 0.1) is 5.92 Å². The molecule has 176 valence electrons. The third kappa shape index (κ3) is 5.66. The molecule has 0 bridgehead atoms. The van der Waals surface area contributed by atoms with E-state index in [9.17, 15) is 19.2 Å². The van der Waals surface area contributed by atoms with Gasteiger partial charge in [0.15, 0.2) is 11.3 Å². The van der Waals surface area contributed by atoms with Crippen LogP contribution in [0.5, 0.6) is 0 Å². The van der Waals surface area contributed by atoms with E-state index >= 15 is 0 Å². The van der Waals surface area contributed by atoms with Crippen LogP contribution in [0.2, 0.25) is 0 Å². The first-order valence-corrected chi connectivity index (χ1v) is 10.7. The van der Waals surface area contributed by atoms with Crippen LogP contribution in [0.1, 0.15) is 61.0 Å². The summed E-state index contributed by atoms with van der Waals surface area (Å²) in [6.07, 6.45) is -1.95. The highest BCUT2D eigenvalue weighted by molar-refractivity contribution is 6.24. The molecule has 3 amide bonds. The zero-order chi connectivity index (χ0) is 24.5. The molecule has 1 aliphatic rings. The fourth-order valence-corrected chi connectivity index (χ4v) is 3.62. The molecule has 2 rings (SSSR count). The number of hydrogen-bond acceptors (Lipinski definition) is 6. The number of benzene rings is 1. The summed E-state index contributed by atoms with van der Waals surface area (Å²) in [6.45, 7) is 13.5. The van der Waals surface area contributed by atoms with Crippen molar-refractivity contribution in [3.63, 3.8) is 0 Å². The van der Waals surface area contributed by atoms with Gasteiger partial charge in [-0.15, -0.1) is 0 Å². The van der Waals surface area contributed by atoms with Gasteiger partial charge in [-0.05, 0) is 53.0 Å². The first-order chi connectivity index (χ1) is 14.6. The molecule has 2 atom stereocenters. The summed E-state index contributed by atoms with van der Waals surface area (Å²) < 4.78 is 10.8. The molecule has 0 aliphatic carbocycles. The highest BCUT2D eigenvalue weighted by Crippen LogP contribution is 2.34. The van der Waals surface area contributed by atoms with Crippen molar-refractivity contribution >= 4 is 23.9 Å². The lowest BCUT2D eigenvalue weighted by atomic mass is 9.84. The molecule has 8 nitrogen and oxygen atoms in total. The fraction of sp³-hybridized carbons (Fsp3) is 0.583. The van der Waals surface area contributed by atoms with E-state index in [2.05, 4.69) is 5.32 Å². The van der Waals surface area contributed by atoms with E-state index in [1.807, 2.05) is 0 Å². The van der Waals surface area contributed by atoms with Crippen molar-refractivity contribution in [1.29, 1.82) is 0 Å². The summed E-state index contributed by atoms with van der Waals surface area (Å²) in [5, 5.41) is 2.52. The Kier molecular flexibility index (Phi) is 7.07. The number of likely N-dealkylation sites (tertiary alicyclic amines) is 1. The second-order valence-electron chi connectivity index (χ2n) is 10.4. The molecule has 0 radical (unpaired) electrons. The molecule has 1 aromatic carbocycles. The number of Topliss-reactive ketones (excluding diaryl/α,β-unsaturated/α-hetero) is 1. The van der Waals surface area contributed by atoms with Gasteiger partial charge in [0.05, 0.1) is 0 Å². The number of alkyl carbamates (subject to hydrolysis) is 1. The van der Waals surface area contributed by atoms with Crippen molar-refractivity contribution in [1.82, 2.24) is 10.2 Å². The fourth-order valence-electron chi connectivity index (χ4n) is 3.62. The molecule has 1 saturated heterocycles. The second-order valence-corrected chi connectivity index (χ2v) is 10.4. The van der Waals surface area contributed by atoms with E-state index in [0.717, 1.165) is 4.90 Å². The number of nitrogens with one attached hydrogen (secondary N) is 1. The van der Waals surface area contributed by atoms with Gasteiger partial charge >= 0.3 is 12.2 Å². The van der Waals surface area contributed by atoms with E-state index < -0.39 is 52.6 Å². The van der Waals surface area contributed by atoms with Gasteiger partial charge in [-0.1, -0.05) is 44.2 Å². The van der Waals surface area contributed by atoms with Crippen molar-refractivity contribution in [2.24, 2.45) is 5.92 Å². The predicted octanol–water partition coefficient (Wildman–Crippen LogP) is 3.86. The third-order valence-electron chi connectivity index (χ3n) is 4.80. The highest BCUT2D eigenvalue weighted by atomic mass is 16.6. The quantitative estimate of drug-likeness (QED) is 0.705. The molecule has 0 saturated carbocycles. The van der Waals surface area contributed by atoms with Gasteiger partial charge in [0.1, 0.15) is 17.2 Å². The number of ether oxygens (including phenoxy) is 2. The van der Waals surface area contributed by atoms with Crippen molar-refractivity contribution < 1.29 is 28.7 Å². The van der Waals surface area contributed by atoms with Crippen LogP contribution >= 0.6 is 0 Å². The average molecular weight is 447 g/mol. The number of ketones is 1. The molecule has 0 aromatic heterocycles. The molecule has 32 heavy (non-hydrogen) atoms. The SMILES string of the molecule is CC(C)[C@@H]1C(=O)C(Cc2ccccc2)(NC(=O)OC(C)(C)C)C(=O)N1C(=O)OC(C)(C)C. The minimum Gasteiger partial charge on any atom is -0.444 e. The number of carbonyl (C=O) groups excluding carboxylic acids is 4. The smallest absolute Gasteiger partial charge is 0.417 e. The minimum atomic E-state index is -1.99. The molecule has 1 unspecified atom stereocenters. The topological polar surface area (TPSA) is 102 Å². The standard InChI is InChI=1S/C24H34N2O6/c1-15(2)17-18(27)24(14-16-12-10-9-11-13-16,25-20(29)31-22(3,4)5)19(28)26(17)21(30)32-23(6,7)8/h9-13,15,17H,14H2,1-8H3,(H,25,29)/t17-,24?/m1/s1. The van der Waals surface area contributed by atoms with Crippen LogP contribution in [-0.4, -0.2) is 51.6 Å². The van der Waals surface area contributed by atoms with Crippen LogP contribution in [0.4, 0.5) is 9.59 Å². The maximum Gasteiger partial charge on any atom is 0.417 e. The molecule has 1 aromatic rings. The van der Waals surface area contributed by atoms with Gasteiger partial charge in [0.2, 0.25) is 0 Å². The number of carbonyl (C=O) groups is 4. The lowest BCUT2D eigenvalue weighted by Gasteiger charge is -2.29. The van der Waals surface area contributed by atoms with Gasteiger partial charge < -0.3 is 9.47 Å². The van der Waals surface area contributed by atoms with Gasteiger partial charge in [-0.25, -0.2) is 14.5 Å². The normalized spacial score (nSPS) is 21.7. The summed E-state index contributed by atoms with van der Waals surface area (Å²) >= 11 is 0. The molecule has 1 fully saturated rings. The van der Waals surface area contributed by atoms with Crippen molar-refractivity contribution in [3.05, 3.63) is 35.9 Å². The van der Waals surface area contributed by atoms with Crippen molar-refractivity contribution in [2.75, 3.05) is 0 Å². The molecule has 0 spiro atoms. The Morgan fingerprint density at radius 2 is 1.53 bits per heavy atom. The maximum absolute atomic E-state index is 13.7. The minimum absolute atomic E-state index is 0.118. The second kappa shape index (κ2) is 8.92. The Morgan fingerprint density at radius 3 is 2.00 bits per heavy atom.